The van der Waals surface area contributed by atoms with Gasteiger partial charge in [0.05, 0.1) is 11.6 Å². The van der Waals surface area contributed by atoms with Gasteiger partial charge in [-0.25, -0.2) is 9.67 Å². The fourth-order valence-corrected chi connectivity index (χ4v) is 2.21. The molecule has 3 aromatic rings. The summed E-state index contributed by atoms with van der Waals surface area (Å²) in [4.78, 5) is 4.24. The number of nitrogens with one attached hydrogen (secondary N) is 1. The summed E-state index contributed by atoms with van der Waals surface area (Å²) in [6.07, 6.45) is 2.75. The molecule has 0 spiro atoms. The lowest BCUT2D eigenvalue weighted by Gasteiger charge is -2.13. The van der Waals surface area contributed by atoms with Gasteiger partial charge in [-0.3, -0.25) is 0 Å². The summed E-state index contributed by atoms with van der Waals surface area (Å²) in [5.74, 6) is 0.906. The van der Waals surface area contributed by atoms with E-state index in [2.05, 4.69) is 33.6 Å². The van der Waals surface area contributed by atoms with Gasteiger partial charge in [0.15, 0.2) is 0 Å². The van der Waals surface area contributed by atoms with Gasteiger partial charge in [-0.15, -0.1) is 5.10 Å². The van der Waals surface area contributed by atoms with Crippen molar-refractivity contribution in [2.45, 2.75) is 19.4 Å². The minimum Gasteiger partial charge on any atom is -0.370 e. The Morgan fingerprint density at radius 3 is 2.85 bits per heavy atom. The summed E-state index contributed by atoms with van der Waals surface area (Å²) in [5, 5.41) is 11.7. The van der Waals surface area contributed by atoms with Crippen LogP contribution in [0.3, 0.4) is 0 Å². The SMILES string of the molecule is CC(CCNc1ccccn1)n1nnc2ccccc21. The molecule has 2 aromatic heterocycles. The molecule has 20 heavy (non-hydrogen) atoms. The van der Waals surface area contributed by atoms with Crippen LogP contribution in [0.4, 0.5) is 5.82 Å². The third-order valence-corrected chi connectivity index (χ3v) is 3.33. The van der Waals surface area contributed by atoms with Gasteiger partial charge in [0.25, 0.3) is 0 Å². The lowest BCUT2D eigenvalue weighted by Crippen LogP contribution is -2.13. The Morgan fingerprint density at radius 1 is 1.15 bits per heavy atom. The van der Waals surface area contributed by atoms with Crippen molar-refractivity contribution >= 4 is 16.9 Å². The second-order valence-corrected chi connectivity index (χ2v) is 4.80. The van der Waals surface area contributed by atoms with E-state index in [-0.39, 0.29) is 0 Å². The first-order valence-corrected chi connectivity index (χ1v) is 6.79. The van der Waals surface area contributed by atoms with Gasteiger partial charge >= 0.3 is 0 Å². The van der Waals surface area contributed by atoms with Gasteiger partial charge in [-0.05, 0) is 37.6 Å². The summed E-state index contributed by atoms with van der Waals surface area (Å²) in [7, 11) is 0. The molecule has 1 unspecified atom stereocenters. The predicted octanol–water partition coefficient (Wildman–Crippen LogP) is 2.89. The Balaban J connectivity index is 1.63. The molecular weight excluding hydrogens is 250 g/mol. The van der Waals surface area contributed by atoms with Crippen LogP contribution in [-0.2, 0) is 0 Å². The number of aromatic nitrogens is 4. The summed E-state index contributed by atoms with van der Waals surface area (Å²) in [5.41, 5.74) is 2.02. The van der Waals surface area contributed by atoms with Crippen molar-refractivity contribution in [3.8, 4) is 0 Å². The highest BCUT2D eigenvalue weighted by Gasteiger charge is 2.10. The smallest absolute Gasteiger partial charge is 0.125 e. The van der Waals surface area contributed by atoms with Crippen molar-refractivity contribution in [3.05, 3.63) is 48.7 Å². The van der Waals surface area contributed by atoms with Crippen LogP contribution in [0.5, 0.6) is 0 Å². The lowest BCUT2D eigenvalue weighted by molar-refractivity contribution is 0.470. The molecule has 0 aliphatic rings. The van der Waals surface area contributed by atoms with Crippen molar-refractivity contribution in [1.29, 1.82) is 0 Å². The Labute approximate surface area is 117 Å². The molecule has 1 atom stereocenters. The number of hydrogen-bond acceptors (Lipinski definition) is 4. The van der Waals surface area contributed by atoms with E-state index in [1.807, 2.05) is 41.1 Å². The lowest BCUT2D eigenvalue weighted by atomic mass is 10.2. The molecule has 0 aliphatic heterocycles. The van der Waals surface area contributed by atoms with Gasteiger partial charge in [-0.2, -0.15) is 0 Å². The Bertz CT molecular complexity index is 677. The largest absolute Gasteiger partial charge is 0.370 e. The molecule has 1 N–H and O–H groups in total. The van der Waals surface area contributed by atoms with Crippen molar-refractivity contribution in [2.24, 2.45) is 0 Å². The monoisotopic (exact) mass is 267 g/mol. The number of pyridine rings is 1. The number of fused-ring (bicyclic) bond motifs is 1. The highest BCUT2D eigenvalue weighted by atomic mass is 15.4. The molecule has 5 heteroatoms. The fourth-order valence-electron chi connectivity index (χ4n) is 2.21. The van der Waals surface area contributed by atoms with Crippen LogP contribution in [-0.4, -0.2) is 26.5 Å². The molecule has 0 saturated carbocycles. The Kier molecular flexibility index (Phi) is 3.58. The van der Waals surface area contributed by atoms with Crippen LogP contribution in [0.15, 0.2) is 48.7 Å². The normalized spacial score (nSPS) is 12.4. The van der Waals surface area contributed by atoms with E-state index in [4.69, 9.17) is 0 Å². The van der Waals surface area contributed by atoms with Crippen LogP contribution in [0.2, 0.25) is 0 Å². The summed E-state index contributed by atoms with van der Waals surface area (Å²) in [6, 6.07) is 14.2. The van der Waals surface area contributed by atoms with E-state index in [9.17, 15) is 0 Å². The number of para-hydroxylation sites is 1. The zero-order chi connectivity index (χ0) is 13.8. The van der Waals surface area contributed by atoms with E-state index >= 15 is 0 Å². The third kappa shape index (κ3) is 2.61. The molecule has 3 rings (SSSR count). The molecule has 102 valence electrons. The van der Waals surface area contributed by atoms with Crippen LogP contribution in [0.1, 0.15) is 19.4 Å². The number of anilines is 1. The topological polar surface area (TPSA) is 55.6 Å². The van der Waals surface area contributed by atoms with E-state index in [1.165, 1.54) is 0 Å². The second-order valence-electron chi connectivity index (χ2n) is 4.80. The van der Waals surface area contributed by atoms with Gasteiger partial charge < -0.3 is 5.32 Å². The van der Waals surface area contributed by atoms with Crippen molar-refractivity contribution in [3.63, 3.8) is 0 Å². The van der Waals surface area contributed by atoms with Crippen LogP contribution in [0.25, 0.3) is 11.0 Å². The Hall–Kier alpha value is -2.43. The molecule has 0 radical (unpaired) electrons. The maximum atomic E-state index is 4.24. The first kappa shape index (κ1) is 12.6. The van der Waals surface area contributed by atoms with Crippen molar-refractivity contribution in [2.75, 3.05) is 11.9 Å². The molecule has 0 aliphatic carbocycles. The standard InChI is InChI=1S/C15H17N5/c1-12(9-11-17-15-8-4-5-10-16-15)20-14-7-3-2-6-13(14)18-19-20/h2-8,10,12H,9,11H2,1H3,(H,16,17). The summed E-state index contributed by atoms with van der Waals surface area (Å²) < 4.78 is 1.98. The van der Waals surface area contributed by atoms with E-state index < -0.39 is 0 Å². The van der Waals surface area contributed by atoms with Gasteiger partial charge in [0.2, 0.25) is 0 Å². The van der Waals surface area contributed by atoms with E-state index in [1.54, 1.807) is 6.20 Å². The molecular formula is C15H17N5. The maximum absolute atomic E-state index is 4.24. The maximum Gasteiger partial charge on any atom is 0.125 e. The van der Waals surface area contributed by atoms with E-state index in [0.717, 1.165) is 29.8 Å². The zero-order valence-electron chi connectivity index (χ0n) is 11.4. The second kappa shape index (κ2) is 5.69. The van der Waals surface area contributed by atoms with Gasteiger partial charge in [-0.1, -0.05) is 23.4 Å². The molecule has 0 bridgehead atoms. The average Bonchev–Trinajstić information content (AvgIpc) is 2.92. The highest BCUT2D eigenvalue weighted by Crippen LogP contribution is 2.17. The van der Waals surface area contributed by atoms with Gasteiger partial charge in [0.1, 0.15) is 11.3 Å². The molecule has 0 saturated heterocycles. The summed E-state index contributed by atoms with van der Waals surface area (Å²) in [6.45, 7) is 3.01. The fraction of sp³-hybridized carbons (Fsp3) is 0.267. The number of rotatable bonds is 5. The number of nitrogens with zero attached hydrogens (tertiary/aromatic N) is 4. The van der Waals surface area contributed by atoms with E-state index in [0.29, 0.717) is 6.04 Å². The number of hydrogen-bond donors (Lipinski definition) is 1. The first-order valence-electron chi connectivity index (χ1n) is 6.79. The third-order valence-electron chi connectivity index (χ3n) is 3.33. The average molecular weight is 267 g/mol. The van der Waals surface area contributed by atoms with Crippen molar-refractivity contribution in [1.82, 2.24) is 20.0 Å². The van der Waals surface area contributed by atoms with Crippen LogP contribution < -0.4 is 5.32 Å². The quantitative estimate of drug-likeness (QED) is 0.772. The number of benzene rings is 1. The predicted molar refractivity (Wildman–Crippen MR) is 79.6 cm³/mol. The molecule has 2 heterocycles. The Morgan fingerprint density at radius 2 is 2.00 bits per heavy atom. The molecule has 0 fully saturated rings. The first-order chi connectivity index (χ1) is 9.84. The molecule has 5 nitrogen and oxygen atoms in total. The molecule has 0 amide bonds. The van der Waals surface area contributed by atoms with Crippen LogP contribution in [0, 0.1) is 0 Å². The highest BCUT2D eigenvalue weighted by molar-refractivity contribution is 5.73. The van der Waals surface area contributed by atoms with Gasteiger partial charge in [0, 0.05) is 12.7 Å². The molecule has 1 aromatic carbocycles. The minimum absolute atomic E-state index is 0.290. The minimum atomic E-state index is 0.290. The summed E-state index contributed by atoms with van der Waals surface area (Å²) >= 11 is 0. The van der Waals surface area contributed by atoms with Crippen molar-refractivity contribution < 1.29 is 0 Å². The zero-order valence-corrected chi connectivity index (χ0v) is 11.4. The van der Waals surface area contributed by atoms with Crippen LogP contribution >= 0.6 is 0 Å².